The number of ketones is 1. The van der Waals surface area contributed by atoms with Gasteiger partial charge in [-0.15, -0.1) is 0 Å². The number of esters is 1. The number of carbonyl (C=O) groups excluding carboxylic acids is 11. The lowest BCUT2D eigenvalue weighted by atomic mass is 9.83. The fraction of sp³-hybridized carbons (Fsp3) is 0.361. The Morgan fingerprint density at radius 2 is 0.944 bits per heavy atom. The van der Waals surface area contributed by atoms with Crippen molar-refractivity contribution in [3.63, 3.8) is 0 Å². The van der Waals surface area contributed by atoms with Crippen molar-refractivity contribution in [2.24, 2.45) is 5.92 Å². The topological polar surface area (TPSA) is 253 Å². The van der Waals surface area contributed by atoms with E-state index in [4.69, 9.17) is 32.7 Å². The number of piperidine rings is 2. The van der Waals surface area contributed by atoms with Gasteiger partial charge in [0.2, 0.25) is 23.6 Å². The van der Waals surface area contributed by atoms with Crippen LogP contribution in [0.2, 0.25) is 10.0 Å². The quantitative estimate of drug-likeness (QED) is 0.0565. The van der Waals surface area contributed by atoms with Crippen LogP contribution in [0, 0.1) is 5.92 Å². The summed E-state index contributed by atoms with van der Waals surface area (Å²) in [5.74, 6) is -3.44. The molecular formula is C83H87Cl2N9O13. The van der Waals surface area contributed by atoms with Gasteiger partial charge < -0.3 is 29.9 Å². The number of anilines is 2. The normalized spacial score (nSPS) is 18.6. The highest BCUT2D eigenvalue weighted by atomic mass is 35.5. The third-order valence-electron chi connectivity index (χ3n) is 21.0. The number of para-hydroxylation sites is 2. The number of amides is 11. The van der Waals surface area contributed by atoms with Crippen molar-refractivity contribution in [1.82, 2.24) is 35.1 Å². The summed E-state index contributed by atoms with van der Waals surface area (Å²) in [6.07, 6.45) is 3.38. The van der Waals surface area contributed by atoms with Crippen molar-refractivity contribution >= 4 is 99.9 Å². The van der Waals surface area contributed by atoms with Crippen LogP contribution in [0.25, 0.3) is 0 Å². The first-order valence-electron chi connectivity index (χ1n) is 36.3. The Morgan fingerprint density at radius 1 is 0.514 bits per heavy atom. The molecule has 11 amide bonds. The molecule has 107 heavy (non-hydrogen) atoms. The molecule has 22 nitrogen and oxygen atoms in total. The average molecular weight is 1490 g/mol. The average Bonchev–Trinajstić information content (AvgIpc) is 1.58. The number of methoxy groups -OCH3 is 1. The number of nitrogens with one attached hydrogen (secondary N) is 2. The van der Waals surface area contributed by atoms with E-state index in [1.165, 1.54) is 27.4 Å². The van der Waals surface area contributed by atoms with Gasteiger partial charge in [-0.2, -0.15) is 0 Å². The van der Waals surface area contributed by atoms with Gasteiger partial charge >= 0.3 is 24.1 Å². The maximum absolute atomic E-state index is 14.5. The van der Waals surface area contributed by atoms with E-state index >= 15 is 0 Å². The highest BCUT2D eigenvalue weighted by molar-refractivity contribution is 6.31. The lowest BCUT2D eigenvalue weighted by molar-refractivity contribution is -0.146. The summed E-state index contributed by atoms with van der Waals surface area (Å²) in [4.78, 5) is 161. The molecule has 5 heterocycles. The maximum atomic E-state index is 14.5. The van der Waals surface area contributed by atoms with Crippen molar-refractivity contribution in [3.05, 3.63) is 237 Å². The predicted octanol–water partition coefficient (Wildman–Crippen LogP) is 10.9. The van der Waals surface area contributed by atoms with Crippen LogP contribution in [-0.2, 0) is 92.9 Å². The number of ether oxygens (including phenoxy) is 2. The minimum Gasteiger partial charge on any atom is -0.468 e. The molecule has 7 aromatic carbocycles. The van der Waals surface area contributed by atoms with Gasteiger partial charge in [-0.1, -0.05) is 163 Å². The molecule has 0 saturated carbocycles. The maximum Gasteiger partial charge on any atom is 0.411 e. The van der Waals surface area contributed by atoms with Crippen molar-refractivity contribution in [2.75, 3.05) is 56.2 Å². The van der Waals surface area contributed by atoms with Gasteiger partial charge in [-0.05, 0) is 160 Å². The number of hydrogen-bond acceptors (Lipinski definition) is 13. The Labute approximate surface area is 632 Å². The van der Waals surface area contributed by atoms with Crippen LogP contribution in [-0.4, -0.2) is 171 Å². The Kier molecular flexibility index (Phi) is 23.4. The number of rotatable bonds is 19. The Balaban J connectivity index is 0.000000200. The lowest BCUT2D eigenvalue weighted by Crippen LogP contribution is -2.61. The predicted molar refractivity (Wildman–Crippen MR) is 403 cm³/mol. The zero-order valence-corrected chi connectivity index (χ0v) is 61.8. The second kappa shape index (κ2) is 33.0. The van der Waals surface area contributed by atoms with Gasteiger partial charge in [-0.3, -0.25) is 62.9 Å². The lowest BCUT2D eigenvalue weighted by Gasteiger charge is -2.43. The van der Waals surface area contributed by atoms with Crippen LogP contribution in [0.3, 0.4) is 0 Å². The van der Waals surface area contributed by atoms with Gasteiger partial charge in [0.05, 0.1) is 20.2 Å². The first kappa shape index (κ1) is 76.0. The number of Topliss-reactive ketones (excluding diaryl/α,β-unsaturated/α-hetero) is 1. The molecule has 0 bridgehead atoms. The summed E-state index contributed by atoms with van der Waals surface area (Å²) in [5.41, 5.74) is 4.49. The number of urea groups is 2. The van der Waals surface area contributed by atoms with Crippen LogP contribution >= 0.6 is 23.2 Å². The van der Waals surface area contributed by atoms with E-state index in [9.17, 15) is 52.7 Å². The van der Waals surface area contributed by atoms with Crippen molar-refractivity contribution in [3.8, 4) is 0 Å². The number of imide groups is 2. The van der Waals surface area contributed by atoms with E-state index in [0.717, 1.165) is 49.6 Å². The van der Waals surface area contributed by atoms with E-state index in [2.05, 4.69) is 22.8 Å². The molecule has 556 valence electrons. The van der Waals surface area contributed by atoms with Gasteiger partial charge in [0, 0.05) is 79.2 Å². The molecule has 13 rings (SSSR count). The first-order valence-corrected chi connectivity index (χ1v) is 37.0. The van der Waals surface area contributed by atoms with Crippen LogP contribution in [0.4, 0.5) is 25.8 Å². The van der Waals surface area contributed by atoms with Crippen molar-refractivity contribution < 1.29 is 62.2 Å². The smallest absolute Gasteiger partial charge is 0.411 e. The molecule has 1 aliphatic carbocycles. The monoisotopic (exact) mass is 1490 g/mol. The van der Waals surface area contributed by atoms with Crippen LogP contribution in [0.5, 0.6) is 0 Å². The molecular weight excluding hydrogens is 1400 g/mol. The molecule has 6 aliphatic rings. The zero-order valence-electron chi connectivity index (χ0n) is 60.3. The molecule has 7 aromatic rings. The number of nitrogens with zero attached hydrogens (tertiary/aromatic N) is 7. The van der Waals surface area contributed by atoms with E-state index in [-0.39, 0.29) is 120 Å². The Morgan fingerprint density at radius 3 is 1.42 bits per heavy atom. The van der Waals surface area contributed by atoms with Gasteiger partial charge in [0.25, 0.3) is 11.8 Å². The third-order valence-corrected chi connectivity index (χ3v) is 21.5. The number of halogens is 2. The summed E-state index contributed by atoms with van der Waals surface area (Å²) >= 11 is 12.3. The Hall–Kier alpha value is -10.7. The van der Waals surface area contributed by atoms with Gasteiger partial charge in [0.1, 0.15) is 41.3 Å². The first-order chi connectivity index (χ1) is 51.4. The van der Waals surface area contributed by atoms with E-state index in [0.29, 0.717) is 40.7 Å². The van der Waals surface area contributed by atoms with Gasteiger partial charge in [-0.25, -0.2) is 14.4 Å². The minimum atomic E-state index is -1.35. The van der Waals surface area contributed by atoms with Crippen LogP contribution < -0.4 is 20.4 Å². The molecule has 5 aliphatic heterocycles. The Bertz CT molecular complexity index is 4470. The highest BCUT2D eigenvalue weighted by Crippen LogP contribution is 2.43. The number of carbonyl (C=O) groups is 11. The summed E-state index contributed by atoms with van der Waals surface area (Å²) < 4.78 is 10.5. The standard InChI is InChI=1S/C43H43ClN4O5.C40H44ClN5O8/c44-35-20-15-31(16-21-35)27-38(45-39(50)34-19-18-32-11-7-8-12-33(32)28-34)40(51)46-25-23-43(24-26-46)41(52)47(42(53)48(43)36-13-5-2-6-14-36)29-37(49)22-17-30-9-3-1-4-10-30;1-39(2,3)54-38(52)44-24-28-11-9-8-10-27(28)23-32(44)34(48)42-31(22-26-14-16-29(41)17-15-26)35(49)43-20-18-40(19-21-43)36(50)45(25-33(47)53-4)37(51)46(40)30-12-6-5-7-13-30/h1-16,20-21,34,38H,17-19,22-29H2,(H,45,50);5-17,31-32H,18-25H2,1-4H3,(H,42,48)/t34-,38-;31-,32-/m11/s1. The summed E-state index contributed by atoms with van der Waals surface area (Å²) in [6, 6.07) is 53.3. The fourth-order valence-electron chi connectivity index (χ4n) is 15.4. The van der Waals surface area contributed by atoms with Crippen LogP contribution in [0.15, 0.2) is 188 Å². The SMILES string of the molecule is COC(=O)CN1C(=O)N(c2ccccc2)C2(CCN(C(=O)[C@@H](Cc3ccc(Cl)cc3)NC(=O)[C@H]3Cc4ccccc4CN3C(=O)OC(C)(C)C)CC2)C1=O.O=C(CCc1ccccc1)CN1C(=O)N(c2ccccc2)C2(CCN(C(=O)[C@@H](Cc3ccc(Cl)cc3)NC(=O)[C@@H]3CCc4ccccc4C3)CC2)C1=O. The number of fused-ring (bicyclic) bond motifs is 2. The number of aryl methyl sites for hydroxylation is 2. The molecule has 0 unspecified atom stereocenters. The zero-order chi connectivity index (χ0) is 75.7. The molecule has 0 radical (unpaired) electrons. The molecule has 4 saturated heterocycles. The van der Waals surface area contributed by atoms with Gasteiger partial charge in [0.15, 0.2) is 5.78 Å². The second-order valence-electron chi connectivity index (χ2n) is 29.1. The minimum absolute atomic E-state index is 0.0844. The molecule has 2 N–H and O–H groups in total. The summed E-state index contributed by atoms with van der Waals surface area (Å²) in [7, 11) is 1.18. The molecule has 24 heteroatoms. The summed E-state index contributed by atoms with van der Waals surface area (Å²) in [6.45, 7) is 5.14. The van der Waals surface area contributed by atoms with E-state index in [1.54, 1.807) is 109 Å². The molecule has 4 atom stereocenters. The van der Waals surface area contributed by atoms with Crippen molar-refractivity contribution in [1.29, 1.82) is 0 Å². The van der Waals surface area contributed by atoms with Crippen molar-refractivity contribution in [2.45, 2.75) is 139 Å². The number of benzene rings is 7. The number of hydrogen-bond donors (Lipinski definition) is 2. The largest absolute Gasteiger partial charge is 0.468 e. The number of likely N-dealkylation sites (tertiary alicyclic amines) is 2. The van der Waals surface area contributed by atoms with E-state index < -0.39 is 83.2 Å². The fourth-order valence-corrected chi connectivity index (χ4v) is 15.6. The molecule has 0 aromatic heterocycles. The second-order valence-corrected chi connectivity index (χ2v) is 30.0. The molecule has 4 fully saturated rings. The molecule has 2 spiro atoms. The summed E-state index contributed by atoms with van der Waals surface area (Å²) in [5, 5.41) is 7.16. The van der Waals surface area contributed by atoms with Crippen LogP contribution in [0.1, 0.15) is 98.2 Å². The van der Waals surface area contributed by atoms with E-state index in [1.807, 2.05) is 97.1 Å². The highest BCUT2D eigenvalue weighted by Gasteiger charge is 2.61. The third kappa shape index (κ3) is 17.1.